The summed E-state index contributed by atoms with van der Waals surface area (Å²) >= 11 is 0. The average molecular weight is 393 g/mol. The molecule has 7 nitrogen and oxygen atoms in total. The second kappa shape index (κ2) is 8.05. The van der Waals surface area contributed by atoms with Gasteiger partial charge in [-0.1, -0.05) is 18.2 Å². The Balaban J connectivity index is 1.41. The smallest absolute Gasteiger partial charge is 0.308 e. The number of ether oxygens (including phenoxy) is 1. The quantitative estimate of drug-likeness (QED) is 0.450. The highest BCUT2D eigenvalue weighted by Crippen LogP contribution is 2.28. The van der Waals surface area contributed by atoms with Gasteiger partial charge in [-0.25, -0.2) is 4.90 Å². The van der Waals surface area contributed by atoms with Crippen molar-refractivity contribution < 1.29 is 19.1 Å². The van der Waals surface area contributed by atoms with Gasteiger partial charge in [0.25, 0.3) is 5.91 Å². The van der Waals surface area contributed by atoms with E-state index in [1.807, 2.05) is 18.2 Å². The van der Waals surface area contributed by atoms with Gasteiger partial charge in [0, 0.05) is 38.8 Å². The van der Waals surface area contributed by atoms with Crippen LogP contribution in [0.25, 0.3) is 0 Å². The van der Waals surface area contributed by atoms with E-state index in [2.05, 4.69) is 21.9 Å². The Bertz CT molecular complexity index is 905. The number of amides is 2. The number of anilines is 2. The van der Waals surface area contributed by atoms with Crippen LogP contribution in [0, 0.1) is 0 Å². The van der Waals surface area contributed by atoms with E-state index in [1.165, 1.54) is 17.5 Å². The highest BCUT2D eigenvalue weighted by Gasteiger charge is 2.43. The minimum absolute atomic E-state index is 0.190. The molecule has 0 N–H and O–H groups in total. The molecule has 1 unspecified atom stereocenters. The molecule has 2 amide bonds. The number of carbonyl (C=O) groups is 3. The standard InChI is InChI=1S/C22H23N3O4/c1-16(26)29-19-9-7-18(8-10-19)25-21(27)15-20(22(25)28)24-13-11-23(12-14-24)17-5-3-2-4-6-17/h2-10,20H,11-15H2,1H3. The average Bonchev–Trinajstić information content (AvgIpc) is 3.03. The first-order chi connectivity index (χ1) is 14.0. The van der Waals surface area contributed by atoms with Crippen molar-refractivity contribution in [3.63, 3.8) is 0 Å². The third kappa shape index (κ3) is 4.00. The number of benzene rings is 2. The third-order valence-corrected chi connectivity index (χ3v) is 5.36. The number of hydrogen-bond acceptors (Lipinski definition) is 6. The lowest BCUT2D eigenvalue weighted by molar-refractivity contribution is -0.132. The van der Waals surface area contributed by atoms with E-state index in [4.69, 9.17) is 4.74 Å². The molecule has 2 aliphatic heterocycles. The van der Waals surface area contributed by atoms with Gasteiger partial charge >= 0.3 is 5.97 Å². The Morgan fingerprint density at radius 2 is 1.55 bits per heavy atom. The molecule has 2 heterocycles. The molecule has 0 saturated carbocycles. The Kier molecular flexibility index (Phi) is 5.31. The molecule has 2 saturated heterocycles. The van der Waals surface area contributed by atoms with Gasteiger partial charge in [-0.2, -0.15) is 0 Å². The maximum absolute atomic E-state index is 13.0. The van der Waals surface area contributed by atoms with Gasteiger partial charge in [-0.3, -0.25) is 19.3 Å². The van der Waals surface area contributed by atoms with E-state index in [-0.39, 0.29) is 18.2 Å². The molecule has 150 valence electrons. The lowest BCUT2D eigenvalue weighted by Gasteiger charge is -2.38. The zero-order chi connectivity index (χ0) is 20.4. The first-order valence-corrected chi connectivity index (χ1v) is 9.72. The number of imide groups is 1. The zero-order valence-electron chi connectivity index (χ0n) is 16.3. The summed E-state index contributed by atoms with van der Waals surface area (Å²) in [5.41, 5.74) is 1.68. The number of nitrogens with zero attached hydrogens (tertiary/aromatic N) is 3. The van der Waals surface area contributed by atoms with E-state index in [0.29, 0.717) is 11.4 Å². The van der Waals surface area contributed by atoms with Crippen LogP contribution in [-0.2, 0) is 14.4 Å². The molecule has 2 aromatic carbocycles. The predicted octanol–water partition coefficient (Wildman–Crippen LogP) is 2.07. The molecule has 2 aromatic rings. The number of carbonyl (C=O) groups excluding carboxylic acids is 3. The first kappa shape index (κ1) is 19.1. The lowest BCUT2D eigenvalue weighted by Crippen LogP contribution is -2.52. The predicted molar refractivity (Wildman–Crippen MR) is 109 cm³/mol. The van der Waals surface area contributed by atoms with Crippen molar-refractivity contribution >= 4 is 29.2 Å². The molecule has 2 aliphatic rings. The fourth-order valence-corrected chi connectivity index (χ4v) is 3.93. The van der Waals surface area contributed by atoms with Gasteiger partial charge in [-0.05, 0) is 36.4 Å². The van der Waals surface area contributed by atoms with Crippen LogP contribution in [0.15, 0.2) is 54.6 Å². The van der Waals surface area contributed by atoms with Crippen molar-refractivity contribution in [1.29, 1.82) is 0 Å². The number of rotatable bonds is 4. The zero-order valence-corrected chi connectivity index (χ0v) is 16.3. The molecular weight excluding hydrogens is 370 g/mol. The Hall–Kier alpha value is -3.19. The molecule has 0 radical (unpaired) electrons. The van der Waals surface area contributed by atoms with Gasteiger partial charge in [0.1, 0.15) is 5.75 Å². The Morgan fingerprint density at radius 3 is 2.17 bits per heavy atom. The first-order valence-electron chi connectivity index (χ1n) is 9.72. The SMILES string of the molecule is CC(=O)Oc1ccc(N2C(=O)CC(N3CCN(c4ccccc4)CC3)C2=O)cc1. The summed E-state index contributed by atoms with van der Waals surface area (Å²) in [4.78, 5) is 42.2. The molecule has 2 fully saturated rings. The second-order valence-electron chi connectivity index (χ2n) is 7.23. The summed E-state index contributed by atoms with van der Waals surface area (Å²) in [5.74, 6) is -0.427. The van der Waals surface area contributed by atoms with Crippen molar-refractivity contribution in [3.8, 4) is 5.75 Å². The highest BCUT2D eigenvalue weighted by atomic mass is 16.5. The molecule has 0 aliphatic carbocycles. The van der Waals surface area contributed by atoms with E-state index in [1.54, 1.807) is 24.3 Å². The van der Waals surface area contributed by atoms with Crippen LogP contribution < -0.4 is 14.5 Å². The van der Waals surface area contributed by atoms with Crippen molar-refractivity contribution in [3.05, 3.63) is 54.6 Å². The number of piperazine rings is 1. The van der Waals surface area contributed by atoms with E-state index < -0.39 is 12.0 Å². The van der Waals surface area contributed by atoms with Crippen LogP contribution in [0.1, 0.15) is 13.3 Å². The number of hydrogen-bond donors (Lipinski definition) is 0. The minimum atomic E-state index is -0.423. The van der Waals surface area contributed by atoms with Crippen molar-refractivity contribution in [2.45, 2.75) is 19.4 Å². The van der Waals surface area contributed by atoms with Gasteiger partial charge < -0.3 is 9.64 Å². The van der Waals surface area contributed by atoms with Gasteiger partial charge in [0.15, 0.2) is 0 Å². The molecule has 0 aromatic heterocycles. The Labute approximate surface area is 169 Å². The Morgan fingerprint density at radius 1 is 0.897 bits per heavy atom. The molecule has 1 atom stereocenters. The normalized spacial score (nSPS) is 20.2. The van der Waals surface area contributed by atoms with E-state index >= 15 is 0 Å². The summed E-state index contributed by atoms with van der Waals surface area (Å²) in [6, 6.07) is 16.2. The minimum Gasteiger partial charge on any atom is -0.427 e. The summed E-state index contributed by atoms with van der Waals surface area (Å²) in [5, 5.41) is 0. The topological polar surface area (TPSA) is 70.2 Å². The lowest BCUT2D eigenvalue weighted by atomic mass is 10.1. The van der Waals surface area contributed by atoms with Gasteiger partial charge in [0.2, 0.25) is 5.91 Å². The molecule has 0 spiro atoms. The number of para-hydroxylation sites is 1. The number of esters is 1. The van der Waals surface area contributed by atoms with Crippen molar-refractivity contribution in [1.82, 2.24) is 4.90 Å². The highest BCUT2D eigenvalue weighted by molar-refractivity contribution is 6.22. The van der Waals surface area contributed by atoms with Crippen LogP contribution in [-0.4, -0.2) is 54.9 Å². The van der Waals surface area contributed by atoms with Crippen LogP contribution in [0.5, 0.6) is 5.75 Å². The third-order valence-electron chi connectivity index (χ3n) is 5.36. The van der Waals surface area contributed by atoms with Crippen molar-refractivity contribution in [2.24, 2.45) is 0 Å². The molecule has 7 heteroatoms. The van der Waals surface area contributed by atoms with Crippen LogP contribution in [0.3, 0.4) is 0 Å². The van der Waals surface area contributed by atoms with E-state index in [9.17, 15) is 14.4 Å². The summed E-state index contributed by atoms with van der Waals surface area (Å²) in [7, 11) is 0. The van der Waals surface area contributed by atoms with Gasteiger partial charge in [0.05, 0.1) is 18.2 Å². The molecule has 0 bridgehead atoms. The summed E-state index contributed by atoms with van der Waals surface area (Å²) in [6.45, 7) is 4.43. The van der Waals surface area contributed by atoms with Crippen LogP contribution >= 0.6 is 0 Å². The maximum atomic E-state index is 13.0. The van der Waals surface area contributed by atoms with Crippen molar-refractivity contribution in [2.75, 3.05) is 36.0 Å². The van der Waals surface area contributed by atoms with E-state index in [0.717, 1.165) is 26.2 Å². The summed E-state index contributed by atoms with van der Waals surface area (Å²) < 4.78 is 5.01. The van der Waals surface area contributed by atoms with Gasteiger partial charge in [-0.15, -0.1) is 0 Å². The second-order valence-corrected chi connectivity index (χ2v) is 7.23. The molecule has 29 heavy (non-hydrogen) atoms. The maximum Gasteiger partial charge on any atom is 0.308 e. The van der Waals surface area contributed by atoms with Crippen LogP contribution in [0.2, 0.25) is 0 Å². The fourth-order valence-electron chi connectivity index (χ4n) is 3.93. The fraction of sp³-hybridized carbons (Fsp3) is 0.318. The largest absolute Gasteiger partial charge is 0.427 e. The molecule has 4 rings (SSSR count). The monoisotopic (exact) mass is 393 g/mol. The van der Waals surface area contributed by atoms with Crippen LogP contribution in [0.4, 0.5) is 11.4 Å². The molecular formula is C22H23N3O4. The summed E-state index contributed by atoms with van der Waals surface area (Å²) in [6.07, 6.45) is 0.190.